The van der Waals surface area contributed by atoms with Crippen molar-refractivity contribution in [3.8, 4) is 0 Å². The summed E-state index contributed by atoms with van der Waals surface area (Å²) in [5, 5.41) is 0. The fraction of sp³-hybridized carbons (Fsp3) is 1.00. The van der Waals surface area contributed by atoms with Crippen molar-refractivity contribution in [1.82, 2.24) is 0 Å². The van der Waals surface area contributed by atoms with Gasteiger partial charge in [-0.15, -0.1) is 0 Å². The predicted octanol–water partition coefficient (Wildman–Crippen LogP) is 3.86. The van der Waals surface area contributed by atoms with Crippen LogP contribution < -0.4 is 0 Å². The maximum absolute atomic E-state index is 2.44. The number of hydrogen-bond acceptors (Lipinski definition) is 0. The molecule has 0 saturated heterocycles. The zero-order valence-electron chi connectivity index (χ0n) is 8.55. The van der Waals surface area contributed by atoms with Crippen molar-refractivity contribution >= 4 is 0 Å². The number of rotatable bonds is 2. The first-order chi connectivity index (χ1) is 5.75. The smallest absolute Gasteiger partial charge is 0.0386 e. The monoisotopic (exact) mass is 166 g/mol. The van der Waals surface area contributed by atoms with Gasteiger partial charge in [-0.2, -0.15) is 0 Å². The lowest BCUT2D eigenvalue weighted by molar-refractivity contribution is 0.156. The minimum Gasteiger partial charge on any atom is -0.0625 e. The molecule has 4 atom stereocenters. The second-order valence-electron chi connectivity index (χ2n) is 5.33. The fourth-order valence-electron chi connectivity index (χ4n) is 3.05. The lowest BCUT2D eigenvalue weighted by atomic mass is 9.70. The molecule has 0 heterocycles. The molecule has 0 radical (unpaired) electrons. The van der Waals surface area contributed by atoms with Crippen LogP contribution in [0.2, 0.25) is 0 Å². The van der Waals surface area contributed by atoms with E-state index in [2.05, 4.69) is 13.8 Å². The normalized spacial score (nSPS) is 47.5. The van der Waals surface area contributed by atoms with Crippen LogP contribution in [0.3, 0.4) is 0 Å². The Labute approximate surface area is 76.7 Å². The quantitative estimate of drug-likeness (QED) is 0.584. The van der Waals surface area contributed by atoms with E-state index in [4.69, 9.17) is 0 Å². The van der Waals surface area contributed by atoms with E-state index in [0.717, 1.165) is 23.7 Å². The minimum absolute atomic E-state index is 1.03. The summed E-state index contributed by atoms with van der Waals surface area (Å²) in [5.41, 5.74) is 0. The van der Waals surface area contributed by atoms with Crippen LogP contribution in [0.15, 0.2) is 0 Å². The van der Waals surface area contributed by atoms with Crippen molar-refractivity contribution in [2.24, 2.45) is 23.7 Å². The molecule has 0 amide bonds. The van der Waals surface area contributed by atoms with Crippen LogP contribution >= 0.6 is 0 Å². The van der Waals surface area contributed by atoms with E-state index in [1.165, 1.54) is 32.1 Å². The molecular weight excluding hydrogens is 144 g/mol. The van der Waals surface area contributed by atoms with Gasteiger partial charge in [0.25, 0.3) is 0 Å². The third kappa shape index (κ3) is 1.67. The molecule has 12 heavy (non-hydrogen) atoms. The van der Waals surface area contributed by atoms with Crippen LogP contribution in [-0.2, 0) is 0 Å². The third-order valence-electron chi connectivity index (χ3n) is 4.24. The third-order valence-corrected chi connectivity index (χ3v) is 4.24. The zero-order chi connectivity index (χ0) is 8.55. The molecule has 0 spiro atoms. The van der Waals surface area contributed by atoms with Gasteiger partial charge in [-0.05, 0) is 42.9 Å². The highest BCUT2D eigenvalue weighted by Gasteiger charge is 2.31. The van der Waals surface area contributed by atoms with Crippen molar-refractivity contribution in [3.63, 3.8) is 0 Å². The molecule has 4 unspecified atom stereocenters. The number of hydrogen-bond donors (Lipinski definition) is 0. The lowest BCUT2D eigenvalue weighted by Gasteiger charge is -2.35. The molecule has 0 aromatic heterocycles. The molecule has 2 aliphatic carbocycles. The first kappa shape index (κ1) is 8.59. The van der Waals surface area contributed by atoms with Crippen LogP contribution in [0.4, 0.5) is 0 Å². The molecular formula is C12H22. The second kappa shape index (κ2) is 3.40. The molecule has 2 rings (SSSR count). The zero-order valence-corrected chi connectivity index (χ0v) is 8.55. The summed E-state index contributed by atoms with van der Waals surface area (Å²) >= 11 is 0. The van der Waals surface area contributed by atoms with Crippen LogP contribution in [0, 0.1) is 23.7 Å². The SMILES string of the molecule is CC1CCC(CC2CCC2C)C1. The topological polar surface area (TPSA) is 0 Å². The lowest BCUT2D eigenvalue weighted by Crippen LogP contribution is -2.24. The Kier molecular flexibility index (Phi) is 2.43. The summed E-state index contributed by atoms with van der Waals surface area (Å²) in [6.07, 6.45) is 9.17. The standard InChI is InChI=1S/C12H22/c1-9-3-5-11(7-9)8-12-6-4-10(12)2/h9-12H,3-8H2,1-2H3. The molecule has 0 aromatic rings. The molecule has 2 aliphatic rings. The Morgan fingerprint density at radius 3 is 2.25 bits per heavy atom. The van der Waals surface area contributed by atoms with Crippen molar-refractivity contribution in [2.75, 3.05) is 0 Å². The van der Waals surface area contributed by atoms with Gasteiger partial charge in [0, 0.05) is 0 Å². The largest absolute Gasteiger partial charge is 0.0625 e. The van der Waals surface area contributed by atoms with Crippen molar-refractivity contribution in [2.45, 2.75) is 52.4 Å². The highest BCUT2D eigenvalue weighted by atomic mass is 14.4. The fourth-order valence-corrected chi connectivity index (χ4v) is 3.05. The van der Waals surface area contributed by atoms with Crippen LogP contribution in [-0.4, -0.2) is 0 Å². The van der Waals surface area contributed by atoms with Gasteiger partial charge in [-0.3, -0.25) is 0 Å². The van der Waals surface area contributed by atoms with Crippen molar-refractivity contribution in [1.29, 1.82) is 0 Å². The summed E-state index contributed by atoms with van der Waals surface area (Å²) in [7, 11) is 0. The summed E-state index contributed by atoms with van der Waals surface area (Å²) in [6.45, 7) is 4.86. The summed E-state index contributed by atoms with van der Waals surface area (Å²) < 4.78 is 0. The maximum Gasteiger partial charge on any atom is -0.0386 e. The second-order valence-corrected chi connectivity index (χ2v) is 5.33. The molecule has 0 aromatic carbocycles. The predicted molar refractivity (Wildman–Crippen MR) is 53.0 cm³/mol. The maximum atomic E-state index is 2.44. The van der Waals surface area contributed by atoms with Crippen LogP contribution in [0.25, 0.3) is 0 Å². The first-order valence-corrected chi connectivity index (χ1v) is 5.75. The molecule has 0 N–H and O–H groups in total. The molecule has 0 nitrogen and oxygen atoms in total. The Morgan fingerprint density at radius 1 is 1.00 bits per heavy atom. The van der Waals surface area contributed by atoms with Gasteiger partial charge in [-0.1, -0.05) is 33.1 Å². The van der Waals surface area contributed by atoms with E-state index in [9.17, 15) is 0 Å². The van der Waals surface area contributed by atoms with E-state index in [-0.39, 0.29) is 0 Å². The molecule has 0 heteroatoms. The highest BCUT2D eigenvalue weighted by molar-refractivity contribution is 4.82. The highest BCUT2D eigenvalue weighted by Crippen LogP contribution is 2.43. The van der Waals surface area contributed by atoms with E-state index in [0.29, 0.717) is 0 Å². The van der Waals surface area contributed by atoms with Gasteiger partial charge < -0.3 is 0 Å². The van der Waals surface area contributed by atoms with Gasteiger partial charge in [0.15, 0.2) is 0 Å². The first-order valence-electron chi connectivity index (χ1n) is 5.75. The van der Waals surface area contributed by atoms with Crippen LogP contribution in [0.5, 0.6) is 0 Å². The van der Waals surface area contributed by atoms with Crippen molar-refractivity contribution in [3.05, 3.63) is 0 Å². The molecule has 2 fully saturated rings. The average Bonchev–Trinajstić information content (AvgIpc) is 2.44. The van der Waals surface area contributed by atoms with Crippen molar-refractivity contribution < 1.29 is 0 Å². The minimum atomic E-state index is 1.03. The Bertz CT molecular complexity index is 150. The Hall–Kier alpha value is 0. The van der Waals surface area contributed by atoms with Gasteiger partial charge in [-0.25, -0.2) is 0 Å². The molecule has 2 saturated carbocycles. The van der Waals surface area contributed by atoms with Crippen LogP contribution in [0.1, 0.15) is 52.4 Å². The molecule has 0 bridgehead atoms. The Balaban J connectivity index is 1.73. The summed E-state index contributed by atoms with van der Waals surface area (Å²) in [4.78, 5) is 0. The van der Waals surface area contributed by atoms with Gasteiger partial charge in [0.2, 0.25) is 0 Å². The van der Waals surface area contributed by atoms with E-state index in [1.807, 2.05) is 0 Å². The van der Waals surface area contributed by atoms with E-state index < -0.39 is 0 Å². The Morgan fingerprint density at radius 2 is 1.83 bits per heavy atom. The van der Waals surface area contributed by atoms with E-state index >= 15 is 0 Å². The van der Waals surface area contributed by atoms with Gasteiger partial charge in [0.05, 0.1) is 0 Å². The van der Waals surface area contributed by atoms with Gasteiger partial charge in [0.1, 0.15) is 0 Å². The van der Waals surface area contributed by atoms with Gasteiger partial charge >= 0.3 is 0 Å². The average molecular weight is 166 g/mol. The summed E-state index contributed by atoms with van der Waals surface area (Å²) in [5.74, 6) is 4.30. The molecule has 70 valence electrons. The summed E-state index contributed by atoms with van der Waals surface area (Å²) in [6, 6.07) is 0. The van der Waals surface area contributed by atoms with E-state index in [1.54, 1.807) is 6.42 Å². The molecule has 0 aliphatic heterocycles.